The molecule has 7 heteroatoms. The van der Waals surface area contributed by atoms with Crippen LogP contribution in [0.1, 0.15) is 10.5 Å². The molecule has 70 valence electrons. The number of carbonyl (C=O) groups is 1. The lowest BCUT2D eigenvalue weighted by Gasteiger charge is -1.97. The summed E-state index contributed by atoms with van der Waals surface area (Å²) in [7, 11) is 0. The smallest absolute Gasteiger partial charge is 0.357 e. The fourth-order valence-electron chi connectivity index (χ4n) is 1.07. The van der Waals surface area contributed by atoms with Crippen LogP contribution in [-0.2, 0) is 0 Å². The van der Waals surface area contributed by atoms with Crippen molar-refractivity contribution in [1.82, 2.24) is 20.2 Å². The van der Waals surface area contributed by atoms with Gasteiger partial charge in [0.05, 0.1) is 5.39 Å². The molecular formula is C7H4N4O3. The molecule has 2 rings (SSSR count). The van der Waals surface area contributed by atoms with Crippen LogP contribution in [0.3, 0.4) is 0 Å². The van der Waals surface area contributed by atoms with Crippen molar-refractivity contribution in [3.63, 3.8) is 0 Å². The highest BCUT2D eigenvalue weighted by atomic mass is 16.4. The summed E-state index contributed by atoms with van der Waals surface area (Å²) in [6.07, 6.45) is 2.41. The van der Waals surface area contributed by atoms with Crippen LogP contribution in [-0.4, -0.2) is 31.2 Å². The van der Waals surface area contributed by atoms with Gasteiger partial charge >= 0.3 is 5.97 Å². The third-order valence-corrected chi connectivity index (χ3v) is 1.65. The van der Waals surface area contributed by atoms with E-state index < -0.39 is 11.5 Å². The number of H-pyrrole nitrogens is 1. The second-order valence-electron chi connectivity index (χ2n) is 2.49. The van der Waals surface area contributed by atoms with Crippen molar-refractivity contribution in [2.45, 2.75) is 0 Å². The molecule has 0 saturated carbocycles. The van der Waals surface area contributed by atoms with E-state index in [1.165, 1.54) is 12.5 Å². The summed E-state index contributed by atoms with van der Waals surface area (Å²) in [6.45, 7) is 0. The minimum absolute atomic E-state index is 0.0207. The molecule has 14 heavy (non-hydrogen) atoms. The Morgan fingerprint density at radius 1 is 1.50 bits per heavy atom. The number of hydrogen-bond acceptors (Lipinski definition) is 5. The molecule has 2 aromatic heterocycles. The van der Waals surface area contributed by atoms with E-state index in [0.717, 1.165) is 0 Å². The maximum absolute atomic E-state index is 11.2. The Kier molecular flexibility index (Phi) is 1.70. The Labute approximate surface area is 76.4 Å². The molecule has 0 aromatic carbocycles. The van der Waals surface area contributed by atoms with Crippen LogP contribution in [0.2, 0.25) is 0 Å². The lowest BCUT2D eigenvalue weighted by Crippen LogP contribution is -2.15. The average Bonchev–Trinajstić information content (AvgIpc) is 2.18. The van der Waals surface area contributed by atoms with Crippen LogP contribution in [0, 0.1) is 0 Å². The molecular weight excluding hydrogens is 188 g/mol. The zero-order valence-corrected chi connectivity index (χ0v) is 6.76. The van der Waals surface area contributed by atoms with Crippen LogP contribution in [0.5, 0.6) is 0 Å². The third kappa shape index (κ3) is 1.11. The van der Waals surface area contributed by atoms with Gasteiger partial charge in [-0.3, -0.25) is 4.79 Å². The second kappa shape index (κ2) is 2.87. The van der Waals surface area contributed by atoms with E-state index >= 15 is 0 Å². The Morgan fingerprint density at radius 3 is 3.00 bits per heavy atom. The summed E-state index contributed by atoms with van der Waals surface area (Å²) >= 11 is 0. The van der Waals surface area contributed by atoms with Gasteiger partial charge in [-0.1, -0.05) is 0 Å². The molecule has 0 atom stereocenters. The predicted molar refractivity (Wildman–Crippen MR) is 44.9 cm³/mol. The molecule has 0 aliphatic rings. The lowest BCUT2D eigenvalue weighted by atomic mass is 10.2. The van der Waals surface area contributed by atoms with Gasteiger partial charge in [0.25, 0.3) is 5.56 Å². The SMILES string of the molecule is O=C(O)c1n[nH]c(=O)c2ncncc12. The number of hydrogen-bond donors (Lipinski definition) is 2. The highest BCUT2D eigenvalue weighted by molar-refractivity contribution is 5.99. The summed E-state index contributed by atoms with van der Waals surface area (Å²) < 4.78 is 0. The monoisotopic (exact) mass is 192 g/mol. The van der Waals surface area contributed by atoms with Crippen molar-refractivity contribution >= 4 is 16.9 Å². The van der Waals surface area contributed by atoms with Crippen molar-refractivity contribution in [2.75, 3.05) is 0 Å². The van der Waals surface area contributed by atoms with E-state index in [9.17, 15) is 9.59 Å². The molecule has 2 heterocycles. The number of aromatic amines is 1. The first-order chi connectivity index (χ1) is 6.70. The van der Waals surface area contributed by atoms with E-state index in [2.05, 4.69) is 15.1 Å². The summed E-state index contributed by atoms with van der Waals surface area (Å²) in [6, 6.07) is 0. The molecule has 0 radical (unpaired) electrons. The van der Waals surface area contributed by atoms with Crippen molar-refractivity contribution in [3.05, 3.63) is 28.6 Å². The minimum Gasteiger partial charge on any atom is -0.476 e. The summed E-state index contributed by atoms with van der Waals surface area (Å²) in [4.78, 5) is 29.1. The van der Waals surface area contributed by atoms with Gasteiger partial charge in [0, 0.05) is 6.20 Å². The van der Waals surface area contributed by atoms with E-state index in [0.29, 0.717) is 0 Å². The lowest BCUT2D eigenvalue weighted by molar-refractivity contribution is 0.0691. The highest BCUT2D eigenvalue weighted by Crippen LogP contribution is 2.07. The normalized spacial score (nSPS) is 10.3. The molecule has 0 aliphatic carbocycles. The van der Waals surface area contributed by atoms with Crippen molar-refractivity contribution in [2.24, 2.45) is 0 Å². The molecule has 0 fully saturated rings. The first kappa shape index (κ1) is 8.30. The summed E-state index contributed by atoms with van der Waals surface area (Å²) in [5.41, 5.74) is -0.778. The number of aromatic carboxylic acids is 1. The predicted octanol–water partition coefficient (Wildman–Crippen LogP) is -0.589. The van der Waals surface area contributed by atoms with E-state index in [1.54, 1.807) is 0 Å². The van der Waals surface area contributed by atoms with Crippen molar-refractivity contribution < 1.29 is 9.90 Å². The first-order valence-electron chi connectivity index (χ1n) is 3.62. The highest BCUT2D eigenvalue weighted by Gasteiger charge is 2.12. The molecule has 2 N–H and O–H groups in total. The largest absolute Gasteiger partial charge is 0.476 e. The van der Waals surface area contributed by atoms with Gasteiger partial charge in [0.1, 0.15) is 11.8 Å². The van der Waals surface area contributed by atoms with Gasteiger partial charge in [0.15, 0.2) is 5.69 Å². The average molecular weight is 192 g/mol. The van der Waals surface area contributed by atoms with Gasteiger partial charge in [-0.15, -0.1) is 0 Å². The van der Waals surface area contributed by atoms with Crippen LogP contribution in [0.25, 0.3) is 10.9 Å². The summed E-state index contributed by atoms with van der Waals surface area (Å²) in [5, 5.41) is 14.3. The number of fused-ring (bicyclic) bond motifs is 1. The standard InChI is InChI=1S/C7H4N4O3/c12-6-4-3(1-8-2-9-4)5(7(13)14)10-11-6/h1-2H,(H,11,12)(H,13,14). The van der Waals surface area contributed by atoms with Gasteiger partial charge in [-0.25, -0.2) is 19.9 Å². The van der Waals surface area contributed by atoms with Gasteiger partial charge < -0.3 is 5.11 Å². The zero-order valence-electron chi connectivity index (χ0n) is 6.76. The van der Waals surface area contributed by atoms with Crippen LogP contribution < -0.4 is 5.56 Å². The number of nitrogens with zero attached hydrogens (tertiary/aromatic N) is 3. The van der Waals surface area contributed by atoms with Crippen LogP contribution in [0.15, 0.2) is 17.3 Å². The second-order valence-corrected chi connectivity index (χ2v) is 2.49. The van der Waals surface area contributed by atoms with Crippen LogP contribution >= 0.6 is 0 Å². The minimum atomic E-state index is -1.24. The van der Waals surface area contributed by atoms with E-state index in [-0.39, 0.29) is 16.6 Å². The van der Waals surface area contributed by atoms with Gasteiger partial charge in [0.2, 0.25) is 0 Å². The fraction of sp³-hybridized carbons (Fsp3) is 0. The molecule has 0 saturated heterocycles. The van der Waals surface area contributed by atoms with Gasteiger partial charge in [-0.2, -0.15) is 5.10 Å². The number of nitrogens with one attached hydrogen (secondary N) is 1. The summed E-state index contributed by atoms with van der Waals surface area (Å²) in [5.74, 6) is -1.24. The molecule has 0 unspecified atom stereocenters. The molecule has 0 amide bonds. The maximum atomic E-state index is 11.2. The zero-order chi connectivity index (χ0) is 10.1. The Hall–Kier alpha value is -2.31. The Balaban J connectivity index is 2.96. The Bertz CT molecular complexity index is 562. The Morgan fingerprint density at radius 2 is 2.29 bits per heavy atom. The first-order valence-corrected chi connectivity index (χ1v) is 3.62. The molecule has 7 nitrogen and oxygen atoms in total. The van der Waals surface area contributed by atoms with E-state index in [1.807, 2.05) is 5.10 Å². The molecule has 2 aromatic rings. The number of rotatable bonds is 1. The van der Waals surface area contributed by atoms with Gasteiger partial charge in [-0.05, 0) is 0 Å². The van der Waals surface area contributed by atoms with Crippen molar-refractivity contribution in [1.29, 1.82) is 0 Å². The number of aromatic nitrogens is 4. The van der Waals surface area contributed by atoms with Crippen molar-refractivity contribution in [3.8, 4) is 0 Å². The van der Waals surface area contributed by atoms with Crippen LogP contribution in [0.4, 0.5) is 0 Å². The quantitative estimate of drug-likeness (QED) is 0.625. The third-order valence-electron chi connectivity index (χ3n) is 1.65. The van der Waals surface area contributed by atoms with E-state index in [4.69, 9.17) is 5.11 Å². The maximum Gasteiger partial charge on any atom is 0.357 e. The fourth-order valence-corrected chi connectivity index (χ4v) is 1.07. The number of carboxylic acid groups (broad SMARTS) is 1. The molecule has 0 spiro atoms. The molecule has 0 aliphatic heterocycles. The molecule has 0 bridgehead atoms. The topological polar surface area (TPSA) is 109 Å². The number of carboxylic acids is 1.